The third kappa shape index (κ3) is 6.65. The van der Waals surface area contributed by atoms with Crippen molar-refractivity contribution in [2.24, 2.45) is 0 Å². The largest absolute Gasteiger partial charge is 0.113 e. The van der Waals surface area contributed by atoms with Crippen LogP contribution in [0.3, 0.4) is 0 Å². The van der Waals surface area contributed by atoms with Crippen molar-refractivity contribution in [1.29, 1.82) is 0 Å². The van der Waals surface area contributed by atoms with Gasteiger partial charge in [-0.3, -0.25) is 0 Å². The highest BCUT2D eigenvalue weighted by Gasteiger charge is 1.88. The van der Waals surface area contributed by atoms with Crippen molar-refractivity contribution in [3.63, 3.8) is 0 Å². The van der Waals surface area contributed by atoms with E-state index >= 15 is 0 Å². The van der Waals surface area contributed by atoms with Crippen LogP contribution in [-0.4, -0.2) is 29.0 Å². The van der Waals surface area contributed by atoms with Gasteiger partial charge in [-0.15, -0.1) is 7.92 Å². The summed E-state index contributed by atoms with van der Waals surface area (Å²) in [7, 11) is 1.57. The van der Waals surface area contributed by atoms with Crippen molar-refractivity contribution < 1.29 is 0 Å². The Morgan fingerprint density at radius 2 is 2.00 bits per heavy atom. The smallest absolute Gasteiger partial charge is 0.0346 e. The van der Waals surface area contributed by atoms with Gasteiger partial charge in [0.05, 0.1) is 0 Å². The molecule has 0 aromatic carbocycles. The molecule has 0 unspecified atom stereocenters. The van der Waals surface area contributed by atoms with Gasteiger partial charge >= 0.3 is 0 Å². The van der Waals surface area contributed by atoms with Crippen LogP contribution in [0.2, 0.25) is 12.6 Å². The topological polar surface area (TPSA) is 0 Å². The Morgan fingerprint density at radius 1 is 1.43 bits per heavy atom. The molecular formula is C5H13PSi. The fourth-order valence-corrected chi connectivity index (χ4v) is 3.02. The van der Waals surface area contributed by atoms with Gasteiger partial charge in [-0.05, 0) is 19.5 Å². The van der Waals surface area contributed by atoms with Crippen LogP contribution in [0.4, 0.5) is 0 Å². The lowest BCUT2D eigenvalue weighted by Crippen LogP contribution is -1.84. The van der Waals surface area contributed by atoms with E-state index in [0.717, 1.165) is 0 Å². The van der Waals surface area contributed by atoms with Crippen molar-refractivity contribution in [2.45, 2.75) is 12.6 Å². The van der Waals surface area contributed by atoms with Gasteiger partial charge in [0.2, 0.25) is 0 Å². The van der Waals surface area contributed by atoms with Gasteiger partial charge in [-0.25, -0.2) is 0 Å². The molecule has 0 aliphatic carbocycles. The molecular weight excluding hydrogens is 119 g/mol. The highest BCUT2D eigenvalue weighted by Crippen LogP contribution is 2.24. The maximum atomic E-state index is 2.34. The van der Waals surface area contributed by atoms with Gasteiger partial charge in [-0.2, -0.15) is 0 Å². The predicted molar refractivity (Wildman–Crippen MR) is 40.1 cm³/mol. The molecule has 42 valence electrons. The minimum absolute atomic E-state index is 0.401. The standard InChI is InChI=1S/C5H13PSi/c1-6(2)4-5-7-3/h4-5H2,1-3H3. The first kappa shape index (κ1) is 7.65. The molecule has 2 radical (unpaired) electrons. The average molecular weight is 132 g/mol. The quantitative estimate of drug-likeness (QED) is 0.406. The summed E-state index contributed by atoms with van der Waals surface area (Å²) >= 11 is 0. The third-order valence-corrected chi connectivity index (χ3v) is 3.10. The lowest BCUT2D eigenvalue weighted by molar-refractivity contribution is 1.45. The van der Waals surface area contributed by atoms with Crippen molar-refractivity contribution in [2.75, 3.05) is 19.5 Å². The van der Waals surface area contributed by atoms with Gasteiger partial charge < -0.3 is 0 Å². The van der Waals surface area contributed by atoms with E-state index in [1.807, 2.05) is 0 Å². The van der Waals surface area contributed by atoms with Crippen molar-refractivity contribution >= 4 is 17.4 Å². The molecule has 2 heteroatoms. The zero-order chi connectivity index (χ0) is 5.70. The van der Waals surface area contributed by atoms with E-state index in [0.29, 0.717) is 7.92 Å². The van der Waals surface area contributed by atoms with Gasteiger partial charge in [-0.1, -0.05) is 12.6 Å². The summed E-state index contributed by atoms with van der Waals surface area (Å²) < 4.78 is 0. The van der Waals surface area contributed by atoms with E-state index in [9.17, 15) is 0 Å². The van der Waals surface area contributed by atoms with E-state index in [2.05, 4.69) is 19.9 Å². The monoisotopic (exact) mass is 132 g/mol. The van der Waals surface area contributed by atoms with Crippen LogP contribution in [0.25, 0.3) is 0 Å². The second-order valence-electron chi connectivity index (χ2n) is 1.91. The van der Waals surface area contributed by atoms with Crippen LogP contribution in [0, 0.1) is 0 Å². The molecule has 0 spiro atoms. The van der Waals surface area contributed by atoms with Gasteiger partial charge in [0.15, 0.2) is 0 Å². The van der Waals surface area contributed by atoms with E-state index in [1.54, 1.807) is 0 Å². The Labute approximate surface area is 50.3 Å². The minimum Gasteiger partial charge on any atom is -0.113 e. The fourth-order valence-electron chi connectivity index (χ4n) is 0.335. The fraction of sp³-hybridized carbons (Fsp3) is 1.00. The first-order valence-corrected chi connectivity index (χ1v) is 6.69. The Bertz CT molecular complexity index is 37.1. The normalized spacial score (nSPS) is 10.3. The van der Waals surface area contributed by atoms with Crippen LogP contribution in [-0.2, 0) is 0 Å². The molecule has 0 nitrogen and oxygen atoms in total. The first-order valence-electron chi connectivity index (χ1n) is 2.56. The molecule has 0 bridgehead atoms. The van der Waals surface area contributed by atoms with Crippen molar-refractivity contribution in [1.82, 2.24) is 0 Å². The molecule has 0 fully saturated rings. The summed E-state index contributed by atoms with van der Waals surface area (Å²) in [4.78, 5) is 0. The molecule has 0 aromatic heterocycles. The summed E-state index contributed by atoms with van der Waals surface area (Å²) in [5.74, 6) is 0. The van der Waals surface area contributed by atoms with Crippen LogP contribution in [0.1, 0.15) is 0 Å². The Kier molecular flexibility index (Phi) is 5.24. The van der Waals surface area contributed by atoms with E-state index in [-0.39, 0.29) is 0 Å². The number of hydrogen-bond acceptors (Lipinski definition) is 0. The number of hydrogen-bond donors (Lipinski definition) is 0. The van der Waals surface area contributed by atoms with Crippen LogP contribution in [0.15, 0.2) is 0 Å². The predicted octanol–water partition coefficient (Wildman–Crippen LogP) is 1.90. The Balaban J connectivity index is 2.68. The first-order chi connectivity index (χ1) is 3.27. The molecule has 0 N–H and O–H groups in total. The molecule has 0 rings (SSSR count). The lowest BCUT2D eigenvalue weighted by atomic mass is 11.0. The summed E-state index contributed by atoms with van der Waals surface area (Å²) in [5, 5.41) is 0. The Hall–Kier alpha value is 0.647. The van der Waals surface area contributed by atoms with Gasteiger partial charge in [0, 0.05) is 9.52 Å². The zero-order valence-corrected chi connectivity index (χ0v) is 7.26. The highest BCUT2D eigenvalue weighted by molar-refractivity contribution is 7.56. The number of rotatable bonds is 3. The second-order valence-corrected chi connectivity index (χ2v) is 5.72. The average Bonchev–Trinajstić information content (AvgIpc) is 1.61. The third-order valence-electron chi connectivity index (χ3n) is 0.809. The molecule has 0 amide bonds. The van der Waals surface area contributed by atoms with Crippen LogP contribution >= 0.6 is 7.92 Å². The molecule has 0 heterocycles. The Morgan fingerprint density at radius 3 is 2.14 bits per heavy atom. The summed E-state index contributed by atoms with van der Waals surface area (Å²) in [6, 6.07) is 1.46. The summed E-state index contributed by atoms with van der Waals surface area (Å²) in [6.45, 7) is 6.96. The minimum atomic E-state index is 0.401. The highest BCUT2D eigenvalue weighted by atomic mass is 31.1. The molecule has 0 saturated heterocycles. The molecule has 0 aliphatic heterocycles. The summed E-state index contributed by atoms with van der Waals surface area (Å²) in [5.41, 5.74) is 0. The van der Waals surface area contributed by atoms with Crippen molar-refractivity contribution in [3.05, 3.63) is 0 Å². The molecule has 0 atom stereocenters. The van der Waals surface area contributed by atoms with Crippen LogP contribution < -0.4 is 0 Å². The van der Waals surface area contributed by atoms with E-state index in [1.165, 1.54) is 21.7 Å². The van der Waals surface area contributed by atoms with E-state index < -0.39 is 0 Å². The summed E-state index contributed by atoms with van der Waals surface area (Å²) in [6.07, 6.45) is 1.48. The maximum absolute atomic E-state index is 2.34. The zero-order valence-electron chi connectivity index (χ0n) is 5.36. The molecule has 0 saturated carbocycles. The second kappa shape index (κ2) is 4.80. The molecule has 0 aliphatic rings. The van der Waals surface area contributed by atoms with Gasteiger partial charge in [0.25, 0.3) is 0 Å². The maximum Gasteiger partial charge on any atom is 0.0346 e. The molecule has 0 aromatic rings. The molecule has 7 heavy (non-hydrogen) atoms. The SMILES string of the molecule is C[Si]CCP(C)C. The van der Waals surface area contributed by atoms with Gasteiger partial charge in [0.1, 0.15) is 0 Å². The van der Waals surface area contributed by atoms with Crippen molar-refractivity contribution in [3.8, 4) is 0 Å². The lowest BCUT2D eigenvalue weighted by Gasteiger charge is -1.99. The van der Waals surface area contributed by atoms with Crippen LogP contribution in [0.5, 0.6) is 0 Å². The van der Waals surface area contributed by atoms with E-state index in [4.69, 9.17) is 0 Å².